The second-order valence-electron chi connectivity index (χ2n) is 5.75. The summed E-state index contributed by atoms with van der Waals surface area (Å²) in [5.74, 6) is 1.45. The van der Waals surface area contributed by atoms with Gasteiger partial charge in [0.25, 0.3) is 0 Å². The Morgan fingerprint density at radius 3 is 2.79 bits per heavy atom. The SMILES string of the molecule is CC(C)CNCC1CCN(c2ccc(Cl)c(Cl)c2)C1. The van der Waals surface area contributed by atoms with Crippen molar-refractivity contribution in [1.82, 2.24) is 5.32 Å². The highest BCUT2D eigenvalue weighted by Gasteiger charge is 2.22. The quantitative estimate of drug-likeness (QED) is 0.882. The lowest BCUT2D eigenvalue weighted by atomic mass is 10.1. The third-order valence-corrected chi connectivity index (χ3v) is 4.28. The van der Waals surface area contributed by atoms with Crippen molar-refractivity contribution in [3.63, 3.8) is 0 Å². The van der Waals surface area contributed by atoms with Crippen LogP contribution in [0.4, 0.5) is 5.69 Å². The first-order valence-corrected chi connectivity index (χ1v) is 7.72. The van der Waals surface area contributed by atoms with Crippen LogP contribution in [-0.2, 0) is 0 Å². The molecule has 0 bridgehead atoms. The molecule has 1 atom stereocenters. The van der Waals surface area contributed by atoms with Gasteiger partial charge in [0.05, 0.1) is 10.0 Å². The summed E-state index contributed by atoms with van der Waals surface area (Å²) in [7, 11) is 0. The average Bonchev–Trinajstić information content (AvgIpc) is 2.81. The van der Waals surface area contributed by atoms with Crippen molar-refractivity contribution < 1.29 is 0 Å². The number of anilines is 1. The number of hydrogen-bond acceptors (Lipinski definition) is 2. The third kappa shape index (κ3) is 4.27. The van der Waals surface area contributed by atoms with Crippen LogP contribution in [0.1, 0.15) is 20.3 Å². The average molecular weight is 301 g/mol. The van der Waals surface area contributed by atoms with E-state index in [2.05, 4.69) is 30.1 Å². The highest BCUT2D eigenvalue weighted by Crippen LogP contribution is 2.30. The van der Waals surface area contributed by atoms with E-state index in [4.69, 9.17) is 23.2 Å². The fourth-order valence-electron chi connectivity index (χ4n) is 2.49. The van der Waals surface area contributed by atoms with Crippen molar-refractivity contribution in [2.24, 2.45) is 11.8 Å². The van der Waals surface area contributed by atoms with Crippen LogP contribution < -0.4 is 10.2 Å². The number of nitrogens with zero attached hydrogens (tertiary/aromatic N) is 1. The summed E-state index contributed by atoms with van der Waals surface area (Å²) in [5.41, 5.74) is 1.18. The fraction of sp³-hybridized carbons (Fsp3) is 0.600. The van der Waals surface area contributed by atoms with Gasteiger partial charge in [0.2, 0.25) is 0 Å². The zero-order valence-electron chi connectivity index (χ0n) is 11.6. The molecule has 0 amide bonds. The van der Waals surface area contributed by atoms with Gasteiger partial charge in [-0.25, -0.2) is 0 Å². The molecule has 1 aliphatic heterocycles. The number of rotatable bonds is 5. The number of nitrogens with one attached hydrogen (secondary N) is 1. The molecule has 1 fully saturated rings. The summed E-state index contributed by atoms with van der Waals surface area (Å²) in [6, 6.07) is 5.90. The molecule has 4 heteroatoms. The molecule has 1 N–H and O–H groups in total. The molecule has 1 aromatic rings. The van der Waals surface area contributed by atoms with Crippen LogP contribution in [0, 0.1) is 11.8 Å². The Morgan fingerprint density at radius 2 is 2.11 bits per heavy atom. The maximum atomic E-state index is 6.08. The Kier molecular flexibility index (Phi) is 5.37. The molecule has 1 saturated heterocycles. The molecule has 0 radical (unpaired) electrons. The predicted molar refractivity (Wildman–Crippen MR) is 84.5 cm³/mol. The predicted octanol–water partition coefficient (Wildman–Crippen LogP) is 4.07. The van der Waals surface area contributed by atoms with Gasteiger partial charge in [-0.2, -0.15) is 0 Å². The largest absolute Gasteiger partial charge is 0.371 e. The van der Waals surface area contributed by atoms with E-state index in [1.54, 1.807) is 0 Å². The molecule has 1 unspecified atom stereocenters. The van der Waals surface area contributed by atoms with Crippen LogP contribution in [0.3, 0.4) is 0 Å². The number of hydrogen-bond donors (Lipinski definition) is 1. The van der Waals surface area contributed by atoms with Crippen molar-refractivity contribution >= 4 is 28.9 Å². The second kappa shape index (κ2) is 6.83. The van der Waals surface area contributed by atoms with Crippen molar-refractivity contribution in [1.29, 1.82) is 0 Å². The molecular formula is C15H22Cl2N2. The molecule has 0 saturated carbocycles. The number of halogens is 2. The minimum atomic E-state index is 0.625. The Labute approximate surface area is 126 Å². The lowest BCUT2D eigenvalue weighted by Crippen LogP contribution is -2.28. The maximum Gasteiger partial charge on any atom is 0.0612 e. The van der Waals surface area contributed by atoms with Crippen LogP contribution in [0.15, 0.2) is 18.2 Å². The van der Waals surface area contributed by atoms with Crippen LogP contribution in [0.5, 0.6) is 0 Å². The lowest BCUT2D eigenvalue weighted by Gasteiger charge is -2.19. The summed E-state index contributed by atoms with van der Waals surface area (Å²) >= 11 is 12.0. The van der Waals surface area contributed by atoms with Gasteiger partial charge in [0.1, 0.15) is 0 Å². The molecule has 0 spiro atoms. The minimum absolute atomic E-state index is 0.625. The monoisotopic (exact) mass is 300 g/mol. The van der Waals surface area contributed by atoms with Crippen molar-refractivity contribution in [2.75, 3.05) is 31.1 Å². The Morgan fingerprint density at radius 1 is 1.32 bits per heavy atom. The van der Waals surface area contributed by atoms with Crippen LogP contribution >= 0.6 is 23.2 Å². The van der Waals surface area contributed by atoms with Gasteiger partial charge in [0.15, 0.2) is 0 Å². The standard InChI is InChI=1S/C15H22Cl2N2/c1-11(2)8-18-9-12-5-6-19(10-12)13-3-4-14(16)15(17)7-13/h3-4,7,11-12,18H,5-6,8-10H2,1-2H3. The van der Waals surface area contributed by atoms with Crippen LogP contribution in [-0.4, -0.2) is 26.2 Å². The first kappa shape index (κ1) is 15.0. The van der Waals surface area contributed by atoms with Crippen molar-refractivity contribution in [3.05, 3.63) is 28.2 Å². The first-order valence-electron chi connectivity index (χ1n) is 6.97. The van der Waals surface area contributed by atoms with E-state index >= 15 is 0 Å². The van der Waals surface area contributed by atoms with Crippen LogP contribution in [0.25, 0.3) is 0 Å². The van der Waals surface area contributed by atoms with Gasteiger partial charge >= 0.3 is 0 Å². The zero-order valence-corrected chi connectivity index (χ0v) is 13.1. The Bertz CT molecular complexity index is 421. The van der Waals surface area contributed by atoms with Gasteiger partial charge in [0, 0.05) is 18.8 Å². The molecule has 19 heavy (non-hydrogen) atoms. The van der Waals surface area contributed by atoms with Crippen molar-refractivity contribution in [2.45, 2.75) is 20.3 Å². The highest BCUT2D eigenvalue weighted by molar-refractivity contribution is 6.42. The van der Waals surface area contributed by atoms with E-state index in [1.807, 2.05) is 12.1 Å². The molecule has 1 aliphatic rings. The zero-order chi connectivity index (χ0) is 13.8. The Balaban J connectivity index is 1.85. The van der Waals surface area contributed by atoms with Crippen molar-refractivity contribution in [3.8, 4) is 0 Å². The number of benzene rings is 1. The Hall–Kier alpha value is -0.440. The van der Waals surface area contributed by atoms with E-state index in [9.17, 15) is 0 Å². The minimum Gasteiger partial charge on any atom is -0.371 e. The molecule has 1 aromatic carbocycles. The topological polar surface area (TPSA) is 15.3 Å². The van der Waals surface area contributed by atoms with Gasteiger partial charge < -0.3 is 10.2 Å². The van der Waals surface area contributed by atoms with E-state index in [0.717, 1.165) is 32.1 Å². The summed E-state index contributed by atoms with van der Waals surface area (Å²) in [6.07, 6.45) is 1.24. The molecular weight excluding hydrogens is 279 g/mol. The molecule has 2 nitrogen and oxygen atoms in total. The first-order chi connectivity index (χ1) is 9.06. The molecule has 2 rings (SSSR count). The molecule has 0 aliphatic carbocycles. The summed E-state index contributed by atoms with van der Waals surface area (Å²) in [4.78, 5) is 2.39. The molecule has 1 heterocycles. The van der Waals surface area contributed by atoms with E-state index in [0.29, 0.717) is 16.0 Å². The normalized spacial score (nSPS) is 19.4. The highest BCUT2D eigenvalue weighted by atomic mass is 35.5. The fourth-order valence-corrected chi connectivity index (χ4v) is 2.78. The molecule has 106 valence electrons. The maximum absolute atomic E-state index is 6.08. The van der Waals surface area contributed by atoms with Gasteiger partial charge in [-0.15, -0.1) is 0 Å². The summed E-state index contributed by atoms with van der Waals surface area (Å²) < 4.78 is 0. The van der Waals surface area contributed by atoms with E-state index < -0.39 is 0 Å². The third-order valence-electron chi connectivity index (χ3n) is 3.54. The van der Waals surface area contributed by atoms with Gasteiger partial charge in [-0.1, -0.05) is 37.0 Å². The summed E-state index contributed by atoms with van der Waals surface area (Å²) in [5, 5.41) is 4.81. The van der Waals surface area contributed by atoms with Crippen LogP contribution in [0.2, 0.25) is 10.0 Å². The second-order valence-corrected chi connectivity index (χ2v) is 6.57. The van der Waals surface area contributed by atoms with E-state index in [-0.39, 0.29) is 0 Å². The van der Waals surface area contributed by atoms with Gasteiger partial charge in [-0.3, -0.25) is 0 Å². The lowest BCUT2D eigenvalue weighted by molar-refractivity contribution is 0.477. The van der Waals surface area contributed by atoms with Gasteiger partial charge in [-0.05, 0) is 49.5 Å². The summed E-state index contributed by atoms with van der Waals surface area (Å²) in [6.45, 7) is 8.89. The molecule has 0 aromatic heterocycles. The van der Waals surface area contributed by atoms with E-state index in [1.165, 1.54) is 12.1 Å². The smallest absolute Gasteiger partial charge is 0.0612 e.